The van der Waals surface area contributed by atoms with Crippen molar-refractivity contribution in [3.63, 3.8) is 0 Å². The Morgan fingerprint density at radius 2 is 2.20 bits per heavy atom. The number of ether oxygens (including phenoxy) is 1. The van der Waals surface area contributed by atoms with E-state index >= 15 is 0 Å². The molecule has 1 atom stereocenters. The summed E-state index contributed by atoms with van der Waals surface area (Å²) in [6.45, 7) is 2.74. The molecule has 0 bridgehead atoms. The van der Waals surface area contributed by atoms with Gasteiger partial charge in [0.25, 0.3) is 0 Å². The average Bonchev–Trinajstić information content (AvgIpc) is 2.53. The van der Waals surface area contributed by atoms with Crippen molar-refractivity contribution in [3.8, 4) is 11.8 Å². The summed E-state index contributed by atoms with van der Waals surface area (Å²) >= 11 is 0. The summed E-state index contributed by atoms with van der Waals surface area (Å²) in [5.74, 6) is 0.606. The normalized spacial score (nSPS) is 11.7. The third kappa shape index (κ3) is 3.34. The molecule has 2 aromatic rings. The minimum Gasteiger partial charge on any atom is -0.495 e. The molecule has 2 rings (SSSR count). The maximum absolute atomic E-state index is 9.07. The number of hydrogen-bond acceptors (Lipinski definition) is 4. The van der Waals surface area contributed by atoms with Gasteiger partial charge < -0.3 is 10.1 Å². The fourth-order valence-electron chi connectivity index (χ4n) is 1.96. The van der Waals surface area contributed by atoms with Crippen LogP contribution in [-0.4, -0.2) is 12.1 Å². The van der Waals surface area contributed by atoms with Gasteiger partial charge in [0.15, 0.2) is 0 Å². The Balaban J connectivity index is 2.03. The molecule has 0 saturated carbocycles. The van der Waals surface area contributed by atoms with Crippen molar-refractivity contribution < 1.29 is 4.74 Å². The fourth-order valence-corrected chi connectivity index (χ4v) is 1.96. The molecule has 1 aromatic heterocycles. The van der Waals surface area contributed by atoms with Crippen molar-refractivity contribution in [2.45, 2.75) is 19.5 Å². The largest absolute Gasteiger partial charge is 0.495 e. The van der Waals surface area contributed by atoms with Gasteiger partial charge in [-0.05, 0) is 36.8 Å². The summed E-state index contributed by atoms with van der Waals surface area (Å²) in [4.78, 5) is 4.32. The first-order valence-corrected chi connectivity index (χ1v) is 6.46. The van der Waals surface area contributed by atoms with Crippen molar-refractivity contribution in [3.05, 3.63) is 59.4 Å². The second-order valence-corrected chi connectivity index (χ2v) is 4.50. The van der Waals surface area contributed by atoms with Crippen LogP contribution in [0.2, 0.25) is 0 Å². The lowest BCUT2D eigenvalue weighted by atomic mass is 10.1. The molecule has 0 aliphatic rings. The molecule has 1 N–H and O–H groups in total. The Bertz CT molecular complexity index is 605. The highest BCUT2D eigenvalue weighted by Crippen LogP contribution is 2.19. The van der Waals surface area contributed by atoms with Gasteiger partial charge in [0.2, 0.25) is 0 Å². The number of rotatable bonds is 5. The Morgan fingerprint density at radius 3 is 2.85 bits per heavy atom. The van der Waals surface area contributed by atoms with Crippen LogP contribution in [0.15, 0.2) is 42.6 Å². The minimum atomic E-state index is 0.156. The molecule has 1 aromatic carbocycles. The number of benzene rings is 1. The van der Waals surface area contributed by atoms with Crippen LogP contribution in [-0.2, 0) is 6.54 Å². The lowest BCUT2D eigenvalue weighted by molar-refractivity contribution is 0.413. The van der Waals surface area contributed by atoms with E-state index in [1.165, 1.54) is 0 Å². The summed E-state index contributed by atoms with van der Waals surface area (Å²) in [6.07, 6.45) is 1.79. The van der Waals surface area contributed by atoms with Gasteiger partial charge in [0, 0.05) is 18.8 Å². The number of hydrogen-bond donors (Lipinski definition) is 1. The number of aromatic nitrogens is 1. The third-order valence-corrected chi connectivity index (χ3v) is 3.13. The molecule has 20 heavy (non-hydrogen) atoms. The molecule has 0 radical (unpaired) electrons. The summed E-state index contributed by atoms with van der Waals surface area (Å²) in [7, 11) is 1.57. The van der Waals surface area contributed by atoms with E-state index in [1.54, 1.807) is 13.3 Å². The van der Waals surface area contributed by atoms with Crippen LogP contribution in [0.5, 0.6) is 5.75 Å². The van der Waals surface area contributed by atoms with Crippen LogP contribution in [0.25, 0.3) is 0 Å². The summed E-state index contributed by atoms with van der Waals surface area (Å²) in [5.41, 5.74) is 2.60. The molecule has 0 saturated heterocycles. The second-order valence-electron chi connectivity index (χ2n) is 4.50. The summed E-state index contributed by atoms with van der Waals surface area (Å²) < 4.78 is 5.13. The minimum absolute atomic E-state index is 0.156. The topological polar surface area (TPSA) is 57.9 Å². The predicted octanol–water partition coefficient (Wildman–Crippen LogP) is 2.81. The number of nitrogens with zero attached hydrogens (tertiary/aromatic N) is 2. The molecule has 4 nitrogen and oxygen atoms in total. The Hall–Kier alpha value is -2.38. The molecule has 0 aliphatic carbocycles. The monoisotopic (exact) mass is 267 g/mol. The van der Waals surface area contributed by atoms with E-state index < -0.39 is 0 Å². The van der Waals surface area contributed by atoms with Crippen LogP contribution < -0.4 is 10.1 Å². The van der Waals surface area contributed by atoms with Crippen LogP contribution >= 0.6 is 0 Å². The smallest absolute Gasteiger partial charge is 0.136 e. The summed E-state index contributed by atoms with van der Waals surface area (Å²) in [6, 6.07) is 13.8. The van der Waals surface area contributed by atoms with Crippen molar-refractivity contribution in [2.24, 2.45) is 0 Å². The molecule has 4 heteroatoms. The fraction of sp³-hybridized carbons (Fsp3) is 0.250. The molecule has 1 heterocycles. The average molecular weight is 267 g/mol. The molecular formula is C16H17N3O. The van der Waals surface area contributed by atoms with E-state index in [4.69, 9.17) is 10.00 Å². The van der Waals surface area contributed by atoms with Crippen LogP contribution in [0.1, 0.15) is 29.8 Å². The van der Waals surface area contributed by atoms with Gasteiger partial charge >= 0.3 is 0 Å². The maximum atomic E-state index is 9.07. The Morgan fingerprint density at radius 1 is 1.35 bits per heavy atom. The van der Waals surface area contributed by atoms with Crippen molar-refractivity contribution in [1.29, 1.82) is 5.26 Å². The van der Waals surface area contributed by atoms with E-state index in [0.717, 1.165) is 11.3 Å². The van der Waals surface area contributed by atoms with Gasteiger partial charge in [0.05, 0.1) is 18.4 Å². The quantitative estimate of drug-likeness (QED) is 0.905. The Labute approximate surface area is 119 Å². The number of pyridine rings is 1. The summed E-state index contributed by atoms with van der Waals surface area (Å²) in [5, 5.41) is 12.5. The zero-order valence-corrected chi connectivity index (χ0v) is 11.6. The zero-order chi connectivity index (χ0) is 14.4. The first-order chi connectivity index (χ1) is 9.74. The highest BCUT2D eigenvalue weighted by atomic mass is 16.5. The second kappa shape index (κ2) is 6.69. The van der Waals surface area contributed by atoms with Gasteiger partial charge in [-0.15, -0.1) is 0 Å². The van der Waals surface area contributed by atoms with Gasteiger partial charge in [-0.3, -0.25) is 4.98 Å². The maximum Gasteiger partial charge on any atom is 0.136 e. The highest BCUT2D eigenvalue weighted by Gasteiger charge is 2.07. The van der Waals surface area contributed by atoms with E-state index in [9.17, 15) is 0 Å². The van der Waals surface area contributed by atoms with Gasteiger partial charge in [-0.2, -0.15) is 5.26 Å². The van der Waals surface area contributed by atoms with Gasteiger partial charge in [-0.1, -0.05) is 12.1 Å². The van der Waals surface area contributed by atoms with Crippen molar-refractivity contribution in [2.75, 3.05) is 7.11 Å². The third-order valence-electron chi connectivity index (χ3n) is 3.13. The van der Waals surface area contributed by atoms with Gasteiger partial charge in [0.1, 0.15) is 11.8 Å². The standard InChI is InChI=1S/C16H17N3O/c1-12(15-5-3-4-8-18-15)19-11-13-6-7-16(20-2)14(9-13)10-17/h3-9,12,19H,11H2,1-2H3/t12-/m1/s1. The lowest BCUT2D eigenvalue weighted by Crippen LogP contribution is -2.19. The zero-order valence-electron chi connectivity index (χ0n) is 11.6. The highest BCUT2D eigenvalue weighted by molar-refractivity contribution is 5.45. The first kappa shape index (κ1) is 14.0. The van der Waals surface area contributed by atoms with Crippen LogP contribution in [0.3, 0.4) is 0 Å². The van der Waals surface area contributed by atoms with Crippen molar-refractivity contribution in [1.82, 2.24) is 10.3 Å². The van der Waals surface area contributed by atoms with Crippen LogP contribution in [0, 0.1) is 11.3 Å². The molecular weight excluding hydrogens is 250 g/mol. The van der Waals surface area contributed by atoms with E-state index in [-0.39, 0.29) is 6.04 Å². The predicted molar refractivity (Wildman–Crippen MR) is 77.2 cm³/mol. The van der Waals surface area contributed by atoms with Crippen LogP contribution in [0.4, 0.5) is 0 Å². The van der Waals surface area contributed by atoms with E-state index in [0.29, 0.717) is 17.9 Å². The molecule has 0 aliphatic heterocycles. The van der Waals surface area contributed by atoms with Crippen molar-refractivity contribution >= 4 is 0 Å². The lowest BCUT2D eigenvalue weighted by Gasteiger charge is -2.13. The number of methoxy groups -OCH3 is 1. The molecule has 0 amide bonds. The SMILES string of the molecule is COc1ccc(CN[C@H](C)c2ccccn2)cc1C#N. The first-order valence-electron chi connectivity index (χ1n) is 6.46. The number of nitriles is 1. The van der Waals surface area contributed by atoms with E-state index in [2.05, 4.69) is 23.3 Å². The molecule has 0 spiro atoms. The Kier molecular flexibility index (Phi) is 4.70. The van der Waals surface area contributed by atoms with Gasteiger partial charge in [-0.25, -0.2) is 0 Å². The molecule has 102 valence electrons. The molecule has 0 unspecified atom stereocenters. The number of nitrogens with one attached hydrogen (secondary N) is 1. The van der Waals surface area contributed by atoms with E-state index in [1.807, 2.05) is 36.4 Å². The molecule has 0 fully saturated rings.